The molecule has 1 heterocycles. The van der Waals surface area contributed by atoms with E-state index in [0.717, 1.165) is 56.9 Å². The molecule has 0 spiro atoms. The average molecular weight is 428 g/mol. The SMILES string of the molecule is COc1ccccc1N1CCN(CCCCNC(=O)/C=C/c2ccccc2Cl)CC1. The first-order valence-electron chi connectivity index (χ1n) is 10.5. The van der Waals surface area contributed by atoms with Gasteiger partial charge in [-0.2, -0.15) is 0 Å². The van der Waals surface area contributed by atoms with Gasteiger partial charge in [0, 0.05) is 43.8 Å². The van der Waals surface area contributed by atoms with Crippen molar-refractivity contribution >= 4 is 29.3 Å². The number of carbonyl (C=O) groups is 1. The predicted octanol–water partition coefficient (Wildman–Crippen LogP) is 4.08. The van der Waals surface area contributed by atoms with Gasteiger partial charge in [0.25, 0.3) is 0 Å². The predicted molar refractivity (Wildman–Crippen MR) is 124 cm³/mol. The molecule has 30 heavy (non-hydrogen) atoms. The number of piperazine rings is 1. The molecule has 5 nitrogen and oxygen atoms in total. The van der Waals surface area contributed by atoms with E-state index in [2.05, 4.69) is 27.2 Å². The molecule has 3 rings (SSSR count). The summed E-state index contributed by atoms with van der Waals surface area (Å²) in [5, 5.41) is 3.59. The highest BCUT2D eigenvalue weighted by molar-refractivity contribution is 6.32. The summed E-state index contributed by atoms with van der Waals surface area (Å²) in [6, 6.07) is 15.7. The van der Waals surface area contributed by atoms with Crippen LogP contribution in [-0.4, -0.2) is 57.2 Å². The van der Waals surface area contributed by atoms with E-state index in [1.54, 1.807) is 13.2 Å². The maximum atomic E-state index is 11.9. The molecule has 1 fully saturated rings. The number of benzene rings is 2. The minimum atomic E-state index is -0.0830. The highest BCUT2D eigenvalue weighted by atomic mass is 35.5. The number of amides is 1. The van der Waals surface area contributed by atoms with Crippen LogP contribution in [0.2, 0.25) is 5.02 Å². The Morgan fingerprint density at radius 3 is 2.57 bits per heavy atom. The van der Waals surface area contributed by atoms with Gasteiger partial charge < -0.3 is 15.0 Å². The average Bonchev–Trinajstić information content (AvgIpc) is 2.78. The normalized spacial score (nSPS) is 14.8. The van der Waals surface area contributed by atoms with E-state index < -0.39 is 0 Å². The van der Waals surface area contributed by atoms with Crippen molar-refractivity contribution < 1.29 is 9.53 Å². The molecule has 1 N–H and O–H groups in total. The number of hydrogen-bond acceptors (Lipinski definition) is 4. The van der Waals surface area contributed by atoms with Crippen LogP contribution in [0.5, 0.6) is 5.75 Å². The monoisotopic (exact) mass is 427 g/mol. The third kappa shape index (κ3) is 6.51. The van der Waals surface area contributed by atoms with Crippen molar-refractivity contribution in [2.45, 2.75) is 12.8 Å². The molecule has 2 aromatic rings. The minimum Gasteiger partial charge on any atom is -0.495 e. The molecule has 1 saturated heterocycles. The lowest BCUT2D eigenvalue weighted by Crippen LogP contribution is -2.46. The van der Waals surface area contributed by atoms with Crippen LogP contribution >= 0.6 is 11.6 Å². The van der Waals surface area contributed by atoms with Crippen LogP contribution in [0.4, 0.5) is 5.69 Å². The second-order valence-electron chi connectivity index (χ2n) is 7.35. The lowest BCUT2D eigenvalue weighted by molar-refractivity contribution is -0.116. The standard InChI is InChI=1S/C24H30ClN3O2/c1-30-23-11-5-4-10-22(23)28-18-16-27(17-19-28)15-7-6-14-26-24(29)13-12-20-8-2-3-9-21(20)25/h2-5,8-13H,6-7,14-19H2,1H3,(H,26,29)/b13-12+. The molecule has 0 aliphatic carbocycles. The molecule has 160 valence electrons. The zero-order valence-electron chi connectivity index (χ0n) is 17.5. The number of methoxy groups -OCH3 is 1. The van der Waals surface area contributed by atoms with Gasteiger partial charge in [0.2, 0.25) is 5.91 Å². The minimum absolute atomic E-state index is 0.0830. The van der Waals surface area contributed by atoms with Gasteiger partial charge in [-0.1, -0.05) is 41.9 Å². The Bertz CT molecular complexity index is 848. The number of nitrogens with one attached hydrogen (secondary N) is 1. The molecule has 0 unspecified atom stereocenters. The number of ether oxygens (including phenoxy) is 1. The van der Waals surface area contributed by atoms with E-state index in [1.165, 1.54) is 11.8 Å². The number of anilines is 1. The molecule has 2 aromatic carbocycles. The Morgan fingerprint density at radius 2 is 1.80 bits per heavy atom. The zero-order chi connectivity index (χ0) is 21.2. The van der Waals surface area contributed by atoms with E-state index in [9.17, 15) is 4.79 Å². The van der Waals surface area contributed by atoms with Crippen molar-refractivity contribution in [1.29, 1.82) is 0 Å². The van der Waals surface area contributed by atoms with E-state index in [0.29, 0.717) is 11.6 Å². The van der Waals surface area contributed by atoms with Gasteiger partial charge in [0.1, 0.15) is 5.75 Å². The summed E-state index contributed by atoms with van der Waals surface area (Å²) in [7, 11) is 1.72. The number of para-hydroxylation sites is 2. The summed E-state index contributed by atoms with van der Waals surface area (Å²) in [4.78, 5) is 16.8. The Balaban J connectivity index is 1.30. The Morgan fingerprint density at radius 1 is 1.07 bits per heavy atom. The highest BCUT2D eigenvalue weighted by Crippen LogP contribution is 2.28. The number of halogens is 1. The third-order valence-electron chi connectivity index (χ3n) is 5.32. The molecule has 0 atom stereocenters. The summed E-state index contributed by atoms with van der Waals surface area (Å²) in [5.74, 6) is 0.852. The smallest absolute Gasteiger partial charge is 0.243 e. The first-order chi connectivity index (χ1) is 14.7. The molecule has 6 heteroatoms. The Kier molecular flexibility index (Phi) is 8.60. The Hall–Kier alpha value is -2.50. The first kappa shape index (κ1) is 22.2. The number of nitrogens with zero attached hydrogens (tertiary/aromatic N) is 2. The fourth-order valence-electron chi connectivity index (χ4n) is 3.61. The first-order valence-corrected chi connectivity index (χ1v) is 10.9. The molecule has 0 radical (unpaired) electrons. The topological polar surface area (TPSA) is 44.8 Å². The van der Waals surface area contributed by atoms with Gasteiger partial charge in [-0.3, -0.25) is 9.69 Å². The molecule has 1 aliphatic heterocycles. The summed E-state index contributed by atoms with van der Waals surface area (Å²) in [5.41, 5.74) is 2.02. The summed E-state index contributed by atoms with van der Waals surface area (Å²) in [6.45, 7) is 5.85. The molecule has 0 aromatic heterocycles. The van der Waals surface area contributed by atoms with Crippen molar-refractivity contribution in [3.8, 4) is 5.75 Å². The number of unbranched alkanes of at least 4 members (excludes halogenated alkanes) is 1. The van der Waals surface area contributed by atoms with Gasteiger partial charge in [-0.05, 0) is 49.2 Å². The van der Waals surface area contributed by atoms with Gasteiger partial charge in [-0.25, -0.2) is 0 Å². The maximum Gasteiger partial charge on any atom is 0.243 e. The molecule has 0 bridgehead atoms. The molecule has 1 aliphatic rings. The van der Waals surface area contributed by atoms with Crippen LogP contribution in [0, 0.1) is 0 Å². The Labute approximate surface area is 184 Å². The van der Waals surface area contributed by atoms with Crippen molar-refractivity contribution in [3.63, 3.8) is 0 Å². The molecular formula is C24H30ClN3O2. The fourth-order valence-corrected chi connectivity index (χ4v) is 3.81. The highest BCUT2D eigenvalue weighted by Gasteiger charge is 2.18. The van der Waals surface area contributed by atoms with E-state index in [1.807, 2.05) is 36.4 Å². The van der Waals surface area contributed by atoms with Gasteiger partial charge in [0.15, 0.2) is 0 Å². The van der Waals surface area contributed by atoms with Crippen molar-refractivity contribution in [3.05, 3.63) is 65.2 Å². The lowest BCUT2D eigenvalue weighted by atomic mass is 10.2. The van der Waals surface area contributed by atoms with Gasteiger partial charge >= 0.3 is 0 Å². The van der Waals surface area contributed by atoms with E-state index >= 15 is 0 Å². The van der Waals surface area contributed by atoms with E-state index in [-0.39, 0.29) is 5.91 Å². The van der Waals surface area contributed by atoms with Crippen LogP contribution in [0.25, 0.3) is 6.08 Å². The van der Waals surface area contributed by atoms with Gasteiger partial charge in [-0.15, -0.1) is 0 Å². The number of carbonyl (C=O) groups excluding carboxylic acids is 1. The summed E-state index contributed by atoms with van der Waals surface area (Å²) in [6.07, 6.45) is 5.33. The zero-order valence-corrected chi connectivity index (χ0v) is 18.3. The van der Waals surface area contributed by atoms with Crippen LogP contribution in [0.3, 0.4) is 0 Å². The third-order valence-corrected chi connectivity index (χ3v) is 5.66. The molecule has 0 saturated carbocycles. The van der Waals surface area contributed by atoms with Gasteiger partial charge in [0.05, 0.1) is 12.8 Å². The number of rotatable bonds is 9. The quantitative estimate of drug-likeness (QED) is 0.483. The maximum absolute atomic E-state index is 11.9. The fraction of sp³-hybridized carbons (Fsp3) is 0.375. The van der Waals surface area contributed by atoms with E-state index in [4.69, 9.17) is 16.3 Å². The second-order valence-corrected chi connectivity index (χ2v) is 7.76. The van der Waals surface area contributed by atoms with Crippen LogP contribution in [0.15, 0.2) is 54.6 Å². The van der Waals surface area contributed by atoms with Crippen LogP contribution < -0.4 is 15.0 Å². The van der Waals surface area contributed by atoms with Crippen molar-refractivity contribution in [2.75, 3.05) is 51.3 Å². The summed E-state index contributed by atoms with van der Waals surface area (Å²) < 4.78 is 5.48. The molecular weight excluding hydrogens is 398 g/mol. The van der Waals surface area contributed by atoms with Crippen molar-refractivity contribution in [1.82, 2.24) is 10.2 Å². The number of hydrogen-bond donors (Lipinski definition) is 1. The second kappa shape index (κ2) is 11.6. The summed E-state index contributed by atoms with van der Waals surface area (Å²) >= 11 is 6.09. The van der Waals surface area contributed by atoms with Crippen molar-refractivity contribution in [2.24, 2.45) is 0 Å². The molecule has 1 amide bonds. The van der Waals surface area contributed by atoms with Crippen LogP contribution in [-0.2, 0) is 4.79 Å². The largest absolute Gasteiger partial charge is 0.495 e. The lowest BCUT2D eigenvalue weighted by Gasteiger charge is -2.36. The van der Waals surface area contributed by atoms with Crippen LogP contribution in [0.1, 0.15) is 18.4 Å².